The first-order valence-electron chi connectivity index (χ1n) is 4.89. The second kappa shape index (κ2) is 5.56. The van der Waals surface area contributed by atoms with E-state index in [0.29, 0.717) is 12.1 Å². The molecule has 1 amide bonds. The van der Waals surface area contributed by atoms with E-state index in [1.165, 1.54) is 6.07 Å². The summed E-state index contributed by atoms with van der Waals surface area (Å²) < 4.78 is 62.7. The van der Waals surface area contributed by atoms with Gasteiger partial charge in [-0.3, -0.25) is 4.79 Å². The topological polar surface area (TPSA) is 78.9 Å². The lowest BCUT2D eigenvalue weighted by Crippen LogP contribution is -2.22. The number of carbonyl (C=O) groups excluding carboxylic acids is 1. The van der Waals surface area contributed by atoms with Crippen LogP contribution in [-0.4, -0.2) is 12.1 Å². The molecule has 0 spiro atoms. The van der Waals surface area contributed by atoms with Gasteiger partial charge in [0.15, 0.2) is 0 Å². The van der Waals surface area contributed by atoms with Crippen molar-refractivity contribution in [2.24, 2.45) is 5.73 Å². The maximum Gasteiger partial charge on any atom is 0.430 e. The van der Waals surface area contributed by atoms with Crippen LogP contribution in [0, 0.1) is 23.0 Å². The predicted molar refractivity (Wildman–Crippen MR) is 58.0 cm³/mol. The van der Waals surface area contributed by atoms with Crippen LogP contribution in [0.1, 0.15) is 5.56 Å². The zero-order valence-electron chi connectivity index (χ0n) is 9.55. The van der Waals surface area contributed by atoms with Crippen molar-refractivity contribution in [1.82, 2.24) is 0 Å². The number of nitrogens with one attached hydrogen (secondary N) is 1. The average molecular weight is 291 g/mol. The zero-order valence-corrected chi connectivity index (χ0v) is 9.55. The van der Waals surface area contributed by atoms with Gasteiger partial charge in [-0.25, -0.2) is 8.78 Å². The van der Waals surface area contributed by atoms with Crippen LogP contribution in [0.25, 0.3) is 0 Å². The Morgan fingerprint density at radius 3 is 2.40 bits per heavy atom. The molecule has 0 aromatic heterocycles. The Balaban J connectivity index is 2.99. The number of nitrogens with zero attached hydrogens (tertiary/aromatic N) is 1. The Labute approximate surface area is 109 Å². The number of benzene rings is 1. The Hall–Kier alpha value is -2.63. The van der Waals surface area contributed by atoms with Gasteiger partial charge in [0.25, 0.3) is 5.91 Å². The molecule has 0 atom stereocenters. The monoisotopic (exact) mass is 291 g/mol. The minimum atomic E-state index is -4.91. The molecule has 0 bridgehead atoms. The summed E-state index contributed by atoms with van der Waals surface area (Å²) in [7, 11) is 0. The summed E-state index contributed by atoms with van der Waals surface area (Å²) in [6.45, 7) is 0. The third-order valence-corrected chi connectivity index (χ3v) is 2.05. The number of nitriles is 1. The maximum absolute atomic E-state index is 13.3. The Kier molecular flexibility index (Phi) is 4.29. The highest BCUT2D eigenvalue weighted by Gasteiger charge is 2.32. The number of amides is 1. The highest BCUT2D eigenvalue weighted by molar-refractivity contribution is 5.99. The van der Waals surface area contributed by atoms with E-state index in [4.69, 9.17) is 5.26 Å². The third kappa shape index (κ3) is 3.68. The van der Waals surface area contributed by atoms with Crippen LogP contribution < -0.4 is 11.1 Å². The minimum absolute atomic E-state index is 0.00442. The van der Waals surface area contributed by atoms with Crippen LogP contribution in [0.2, 0.25) is 0 Å². The highest BCUT2D eigenvalue weighted by Crippen LogP contribution is 2.22. The van der Waals surface area contributed by atoms with Crippen molar-refractivity contribution in [3.63, 3.8) is 0 Å². The first-order chi connectivity index (χ1) is 9.15. The molecule has 0 unspecified atom stereocenters. The summed E-state index contributed by atoms with van der Waals surface area (Å²) in [5.41, 5.74) is 1.58. The largest absolute Gasteiger partial charge is 0.430 e. The van der Waals surface area contributed by atoms with Crippen LogP contribution in [0.15, 0.2) is 23.9 Å². The fourth-order valence-corrected chi connectivity index (χ4v) is 1.12. The van der Waals surface area contributed by atoms with E-state index >= 15 is 0 Å². The molecule has 0 aliphatic rings. The quantitative estimate of drug-likeness (QED) is 0.647. The summed E-state index contributed by atoms with van der Waals surface area (Å²) in [6.07, 6.45) is -4.92. The fourth-order valence-electron chi connectivity index (χ4n) is 1.12. The van der Waals surface area contributed by atoms with Gasteiger partial charge >= 0.3 is 6.18 Å². The molecule has 0 saturated heterocycles. The molecule has 1 rings (SSSR count). The molecule has 20 heavy (non-hydrogen) atoms. The Morgan fingerprint density at radius 1 is 1.30 bits per heavy atom. The lowest BCUT2D eigenvalue weighted by Gasteiger charge is -2.08. The number of nitrogens with two attached hydrogens (primary N) is 1. The van der Waals surface area contributed by atoms with Crippen LogP contribution in [0.3, 0.4) is 0 Å². The van der Waals surface area contributed by atoms with Gasteiger partial charge in [0, 0.05) is 12.1 Å². The molecule has 3 N–H and O–H groups in total. The summed E-state index contributed by atoms with van der Waals surface area (Å²) in [6, 6.07) is 2.34. The van der Waals surface area contributed by atoms with Gasteiger partial charge in [-0.15, -0.1) is 0 Å². The van der Waals surface area contributed by atoms with Gasteiger partial charge in [-0.05, 0) is 6.07 Å². The van der Waals surface area contributed by atoms with Crippen molar-refractivity contribution < 1.29 is 26.7 Å². The van der Waals surface area contributed by atoms with Crippen molar-refractivity contribution >= 4 is 11.6 Å². The molecule has 9 heteroatoms. The zero-order chi connectivity index (χ0) is 15.5. The molecular formula is C11H6F5N3O. The first kappa shape index (κ1) is 15.4. The standard InChI is InChI=1S/C11H6F5N3O/c12-6-2-8(7(13)1-5(6)4-17)19-10(20)3-9(18)11(14,15)16/h1-3H,18H2,(H,19,20)/b9-3-. The van der Waals surface area contributed by atoms with E-state index in [9.17, 15) is 26.7 Å². The molecule has 0 radical (unpaired) electrons. The minimum Gasteiger partial charge on any atom is -0.395 e. The van der Waals surface area contributed by atoms with Crippen molar-refractivity contribution in [2.45, 2.75) is 6.18 Å². The van der Waals surface area contributed by atoms with Crippen molar-refractivity contribution in [1.29, 1.82) is 5.26 Å². The smallest absolute Gasteiger partial charge is 0.395 e. The van der Waals surface area contributed by atoms with Crippen LogP contribution in [0.4, 0.5) is 27.6 Å². The maximum atomic E-state index is 13.3. The molecule has 0 heterocycles. The number of halogens is 5. The molecular weight excluding hydrogens is 285 g/mol. The van der Waals surface area contributed by atoms with Crippen LogP contribution >= 0.6 is 0 Å². The lowest BCUT2D eigenvalue weighted by molar-refractivity contribution is -0.113. The van der Waals surface area contributed by atoms with Gasteiger partial charge < -0.3 is 11.1 Å². The molecule has 0 fully saturated rings. The Bertz CT molecular complexity index is 616. The number of anilines is 1. The number of allylic oxidation sites excluding steroid dienone is 1. The van der Waals surface area contributed by atoms with Crippen molar-refractivity contribution in [3.8, 4) is 6.07 Å². The van der Waals surface area contributed by atoms with E-state index in [1.807, 2.05) is 0 Å². The SMILES string of the molecule is N#Cc1cc(F)c(NC(=O)/C=C(\N)C(F)(F)F)cc1F. The van der Waals surface area contributed by atoms with Gasteiger partial charge in [0.05, 0.1) is 11.3 Å². The normalized spacial score (nSPS) is 11.9. The summed E-state index contributed by atoms with van der Waals surface area (Å²) in [5, 5.41) is 10.1. The van der Waals surface area contributed by atoms with E-state index < -0.39 is 40.7 Å². The average Bonchev–Trinajstić information content (AvgIpc) is 2.32. The molecule has 1 aromatic rings. The van der Waals surface area contributed by atoms with Crippen molar-refractivity contribution in [2.75, 3.05) is 5.32 Å². The second-order valence-corrected chi connectivity index (χ2v) is 3.51. The molecule has 4 nitrogen and oxygen atoms in total. The lowest BCUT2D eigenvalue weighted by atomic mass is 10.2. The first-order valence-corrected chi connectivity index (χ1v) is 4.89. The number of rotatable bonds is 2. The van der Waals surface area contributed by atoms with E-state index in [0.717, 1.165) is 0 Å². The van der Waals surface area contributed by atoms with Crippen LogP contribution in [0.5, 0.6) is 0 Å². The number of hydrogen-bond donors (Lipinski definition) is 2. The van der Waals surface area contributed by atoms with E-state index in [1.54, 1.807) is 5.32 Å². The molecule has 106 valence electrons. The van der Waals surface area contributed by atoms with Crippen molar-refractivity contribution in [3.05, 3.63) is 41.1 Å². The number of carbonyl (C=O) groups is 1. The predicted octanol–water partition coefficient (Wildman–Crippen LogP) is 2.18. The molecule has 0 aliphatic heterocycles. The highest BCUT2D eigenvalue weighted by atomic mass is 19.4. The van der Waals surface area contributed by atoms with E-state index in [-0.39, 0.29) is 6.08 Å². The van der Waals surface area contributed by atoms with Crippen LogP contribution in [-0.2, 0) is 4.79 Å². The van der Waals surface area contributed by atoms with Gasteiger partial charge in [-0.2, -0.15) is 18.4 Å². The Morgan fingerprint density at radius 2 is 1.90 bits per heavy atom. The van der Waals surface area contributed by atoms with Gasteiger partial charge in [0.2, 0.25) is 0 Å². The van der Waals surface area contributed by atoms with Gasteiger partial charge in [-0.1, -0.05) is 0 Å². The summed E-state index contributed by atoms with van der Waals surface area (Å²) >= 11 is 0. The molecule has 0 aliphatic carbocycles. The van der Waals surface area contributed by atoms with E-state index in [2.05, 4.69) is 5.73 Å². The summed E-state index contributed by atoms with van der Waals surface area (Å²) in [5.74, 6) is -3.69. The second-order valence-electron chi connectivity index (χ2n) is 3.51. The summed E-state index contributed by atoms with van der Waals surface area (Å²) in [4.78, 5) is 11.2. The molecule has 0 saturated carbocycles. The van der Waals surface area contributed by atoms with Gasteiger partial charge in [0.1, 0.15) is 23.4 Å². The fraction of sp³-hybridized carbons (Fsp3) is 0.0909. The number of hydrogen-bond acceptors (Lipinski definition) is 3. The number of alkyl halides is 3. The molecule has 1 aromatic carbocycles. The third-order valence-electron chi connectivity index (χ3n) is 2.05.